The normalized spacial score (nSPS) is 23.9. The van der Waals surface area contributed by atoms with Crippen LogP contribution >= 0.6 is 23.5 Å². The van der Waals surface area contributed by atoms with Gasteiger partial charge in [0, 0.05) is 17.4 Å². The zero-order chi connectivity index (χ0) is 13.0. The SMILES string of the molecule is CSc1nc(N)cc(NC2CCCC(SC)C2)n1. The highest BCUT2D eigenvalue weighted by Crippen LogP contribution is 2.29. The molecule has 1 aromatic heterocycles. The molecular weight excluding hydrogens is 264 g/mol. The van der Waals surface area contributed by atoms with E-state index < -0.39 is 0 Å². The van der Waals surface area contributed by atoms with Crippen molar-refractivity contribution in [3.8, 4) is 0 Å². The van der Waals surface area contributed by atoms with Crippen LogP contribution in [-0.4, -0.2) is 33.8 Å². The second-order valence-electron chi connectivity index (χ2n) is 4.53. The van der Waals surface area contributed by atoms with Crippen LogP contribution in [0, 0.1) is 0 Å². The lowest BCUT2D eigenvalue weighted by molar-refractivity contribution is 0.472. The number of rotatable bonds is 4. The second kappa shape index (κ2) is 6.52. The van der Waals surface area contributed by atoms with Gasteiger partial charge in [0.2, 0.25) is 0 Å². The van der Waals surface area contributed by atoms with Crippen LogP contribution in [0.2, 0.25) is 0 Å². The highest BCUT2D eigenvalue weighted by molar-refractivity contribution is 7.99. The quantitative estimate of drug-likeness (QED) is 0.655. The van der Waals surface area contributed by atoms with Crippen molar-refractivity contribution in [2.75, 3.05) is 23.6 Å². The maximum Gasteiger partial charge on any atom is 0.191 e. The summed E-state index contributed by atoms with van der Waals surface area (Å²) >= 11 is 3.49. The molecule has 1 aliphatic carbocycles. The fourth-order valence-electron chi connectivity index (χ4n) is 2.31. The first kappa shape index (κ1) is 13.8. The van der Waals surface area contributed by atoms with Crippen LogP contribution < -0.4 is 11.1 Å². The standard InChI is InChI=1S/C12H20N4S2/c1-17-9-5-3-4-8(6-9)14-11-7-10(13)15-12(16-11)18-2/h7-9H,3-6H2,1-2H3,(H3,13,14,15,16). The van der Waals surface area contributed by atoms with E-state index in [1.165, 1.54) is 37.4 Å². The third-order valence-electron chi connectivity index (χ3n) is 3.22. The Morgan fingerprint density at radius 2 is 2.17 bits per heavy atom. The number of anilines is 2. The molecule has 0 aromatic carbocycles. The smallest absolute Gasteiger partial charge is 0.191 e. The predicted molar refractivity (Wildman–Crippen MR) is 81.4 cm³/mol. The average molecular weight is 284 g/mol. The second-order valence-corrected chi connectivity index (χ2v) is 6.44. The number of nitrogens with two attached hydrogens (primary N) is 1. The maximum absolute atomic E-state index is 5.79. The molecule has 0 aliphatic heterocycles. The molecule has 1 heterocycles. The fraction of sp³-hybridized carbons (Fsp3) is 0.667. The van der Waals surface area contributed by atoms with E-state index in [4.69, 9.17) is 5.73 Å². The molecule has 0 radical (unpaired) electrons. The lowest BCUT2D eigenvalue weighted by Gasteiger charge is -2.29. The van der Waals surface area contributed by atoms with Crippen molar-refractivity contribution in [1.82, 2.24) is 9.97 Å². The van der Waals surface area contributed by atoms with Crippen molar-refractivity contribution in [2.45, 2.75) is 42.1 Å². The van der Waals surface area contributed by atoms with Crippen LogP contribution in [0.5, 0.6) is 0 Å². The first-order chi connectivity index (χ1) is 8.71. The summed E-state index contributed by atoms with van der Waals surface area (Å²) in [5.74, 6) is 1.40. The zero-order valence-electron chi connectivity index (χ0n) is 10.8. The molecule has 4 nitrogen and oxygen atoms in total. The van der Waals surface area contributed by atoms with Gasteiger partial charge in [-0.25, -0.2) is 9.97 Å². The van der Waals surface area contributed by atoms with Crippen LogP contribution in [0.1, 0.15) is 25.7 Å². The molecule has 2 atom stereocenters. The first-order valence-electron chi connectivity index (χ1n) is 6.19. The Bertz CT molecular complexity index is 400. The third-order valence-corrected chi connectivity index (χ3v) is 4.86. The Morgan fingerprint density at radius 1 is 1.33 bits per heavy atom. The van der Waals surface area contributed by atoms with E-state index in [0.717, 1.165) is 16.2 Å². The monoisotopic (exact) mass is 284 g/mol. The van der Waals surface area contributed by atoms with Gasteiger partial charge in [-0.3, -0.25) is 0 Å². The van der Waals surface area contributed by atoms with Crippen LogP contribution in [0.15, 0.2) is 11.2 Å². The number of nitrogens with zero attached hydrogens (tertiary/aromatic N) is 2. The summed E-state index contributed by atoms with van der Waals surface area (Å²) in [6, 6.07) is 2.34. The molecule has 1 aliphatic rings. The summed E-state index contributed by atoms with van der Waals surface area (Å²) < 4.78 is 0. The molecule has 0 bridgehead atoms. The first-order valence-corrected chi connectivity index (χ1v) is 8.70. The summed E-state index contributed by atoms with van der Waals surface area (Å²) in [5, 5.41) is 5.01. The molecule has 1 aromatic rings. The Balaban J connectivity index is 2.02. The van der Waals surface area contributed by atoms with Crippen molar-refractivity contribution in [3.05, 3.63) is 6.07 Å². The number of nitrogens with one attached hydrogen (secondary N) is 1. The minimum atomic E-state index is 0.514. The summed E-state index contributed by atoms with van der Waals surface area (Å²) in [7, 11) is 0. The molecule has 2 unspecified atom stereocenters. The molecule has 0 saturated heterocycles. The minimum absolute atomic E-state index is 0.514. The number of nitrogen functional groups attached to an aromatic ring is 1. The van der Waals surface area contributed by atoms with Gasteiger partial charge in [0.1, 0.15) is 11.6 Å². The van der Waals surface area contributed by atoms with Gasteiger partial charge >= 0.3 is 0 Å². The lowest BCUT2D eigenvalue weighted by atomic mass is 9.95. The van der Waals surface area contributed by atoms with E-state index in [9.17, 15) is 0 Å². The van der Waals surface area contributed by atoms with Crippen molar-refractivity contribution >= 4 is 35.2 Å². The molecule has 1 fully saturated rings. The Labute approximate surface area is 117 Å². The summed E-state index contributed by atoms with van der Waals surface area (Å²) in [4.78, 5) is 8.61. The number of thioether (sulfide) groups is 2. The average Bonchev–Trinajstić information content (AvgIpc) is 2.38. The van der Waals surface area contributed by atoms with Crippen LogP contribution in [-0.2, 0) is 0 Å². The van der Waals surface area contributed by atoms with Gasteiger partial charge in [-0.1, -0.05) is 18.2 Å². The van der Waals surface area contributed by atoms with Gasteiger partial charge in [-0.15, -0.1) is 0 Å². The predicted octanol–water partition coefficient (Wildman–Crippen LogP) is 2.87. The van der Waals surface area contributed by atoms with Crippen LogP contribution in [0.25, 0.3) is 0 Å². The van der Waals surface area contributed by atoms with E-state index in [1.807, 2.05) is 24.1 Å². The third kappa shape index (κ3) is 3.68. The highest BCUT2D eigenvalue weighted by Gasteiger charge is 2.21. The maximum atomic E-state index is 5.79. The highest BCUT2D eigenvalue weighted by atomic mass is 32.2. The summed E-state index contributed by atoms with van der Waals surface area (Å²) in [5.41, 5.74) is 5.79. The van der Waals surface area contributed by atoms with Gasteiger partial charge in [-0.05, 0) is 31.8 Å². The summed E-state index contributed by atoms with van der Waals surface area (Å²) in [6.07, 6.45) is 9.21. The van der Waals surface area contributed by atoms with Gasteiger partial charge in [0.15, 0.2) is 5.16 Å². The summed E-state index contributed by atoms with van der Waals surface area (Å²) in [6.45, 7) is 0. The molecule has 0 spiro atoms. The fourth-order valence-corrected chi connectivity index (χ4v) is 3.52. The number of aromatic nitrogens is 2. The number of hydrogen-bond donors (Lipinski definition) is 2. The molecule has 100 valence electrons. The molecule has 18 heavy (non-hydrogen) atoms. The topological polar surface area (TPSA) is 63.8 Å². The lowest BCUT2D eigenvalue weighted by Crippen LogP contribution is -2.29. The van der Waals surface area contributed by atoms with Crippen molar-refractivity contribution in [1.29, 1.82) is 0 Å². The van der Waals surface area contributed by atoms with Crippen LogP contribution in [0.3, 0.4) is 0 Å². The van der Waals surface area contributed by atoms with Crippen LogP contribution in [0.4, 0.5) is 11.6 Å². The molecule has 1 saturated carbocycles. The van der Waals surface area contributed by atoms with E-state index in [1.54, 1.807) is 0 Å². The van der Waals surface area contributed by atoms with E-state index in [0.29, 0.717) is 11.9 Å². The molecule has 0 amide bonds. The zero-order valence-corrected chi connectivity index (χ0v) is 12.5. The van der Waals surface area contributed by atoms with Crippen molar-refractivity contribution in [3.63, 3.8) is 0 Å². The van der Waals surface area contributed by atoms with Gasteiger partial charge in [0.05, 0.1) is 0 Å². The number of hydrogen-bond acceptors (Lipinski definition) is 6. The van der Waals surface area contributed by atoms with Crippen molar-refractivity contribution in [2.24, 2.45) is 0 Å². The molecule has 6 heteroatoms. The largest absolute Gasteiger partial charge is 0.383 e. The molecule has 2 rings (SSSR count). The van der Waals surface area contributed by atoms with E-state index >= 15 is 0 Å². The molecule has 3 N–H and O–H groups in total. The van der Waals surface area contributed by atoms with E-state index in [-0.39, 0.29) is 0 Å². The van der Waals surface area contributed by atoms with Gasteiger partial charge in [-0.2, -0.15) is 11.8 Å². The Hall–Kier alpha value is -0.620. The molecular formula is C12H20N4S2. The van der Waals surface area contributed by atoms with Crippen molar-refractivity contribution < 1.29 is 0 Å². The Kier molecular flexibility index (Phi) is 5.00. The van der Waals surface area contributed by atoms with E-state index in [2.05, 4.69) is 21.5 Å². The Morgan fingerprint density at radius 3 is 2.89 bits per heavy atom. The van der Waals surface area contributed by atoms with Gasteiger partial charge in [0.25, 0.3) is 0 Å². The van der Waals surface area contributed by atoms with Gasteiger partial charge < -0.3 is 11.1 Å². The minimum Gasteiger partial charge on any atom is -0.383 e.